The number of hydrogen-bond acceptors (Lipinski definition) is 4. The highest BCUT2D eigenvalue weighted by Crippen LogP contribution is 2.23. The predicted octanol–water partition coefficient (Wildman–Crippen LogP) is 1.81. The molecule has 0 aliphatic heterocycles. The van der Waals surface area contributed by atoms with Crippen LogP contribution in [0, 0.1) is 11.3 Å². The first kappa shape index (κ1) is 11.6. The van der Waals surface area contributed by atoms with E-state index in [1.807, 2.05) is 19.1 Å². The van der Waals surface area contributed by atoms with Crippen LogP contribution >= 0.6 is 11.6 Å². The molecule has 0 saturated carbocycles. The third kappa shape index (κ3) is 2.28. The van der Waals surface area contributed by atoms with Gasteiger partial charge in [-0.15, -0.1) is 5.10 Å². The van der Waals surface area contributed by atoms with E-state index in [0.29, 0.717) is 10.7 Å². The van der Waals surface area contributed by atoms with Crippen LogP contribution in [0.5, 0.6) is 0 Å². The number of nitrogens with two attached hydrogens (primary N) is 1. The van der Waals surface area contributed by atoms with Gasteiger partial charge in [-0.05, 0) is 24.6 Å². The molecule has 0 radical (unpaired) electrons. The molecule has 0 spiro atoms. The third-order valence-corrected chi connectivity index (χ3v) is 2.64. The molecule has 6 heteroatoms. The molecule has 0 aliphatic carbocycles. The highest BCUT2D eigenvalue weighted by molar-refractivity contribution is 6.32. The van der Waals surface area contributed by atoms with Crippen LogP contribution in [0.15, 0.2) is 24.5 Å². The topological polar surface area (TPSA) is 80.5 Å². The monoisotopic (exact) mass is 247 g/mol. The molecular formula is C11H10ClN5. The fourth-order valence-corrected chi connectivity index (χ4v) is 1.70. The van der Waals surface area contributed by atoms with Crippen molar-refractivity contribution in [3.8, 4) is 11.8 Å². The van der Waals surface area contributed by atoms with E-state index in [9.17, 15) is 0 Å². The Morgan fingerprint density at radius 1 is 1.53 bits per heavy atom. The molecule has 2 N–H and O–H groups in total. The van der Waals surface area contributed by atoms with E-state index >= 15 is 0 Å². The number of hydrogen-bond donors (Lipinski definition) is 1. The van der Waals surface area contributed by atoms with Crippen molar-refractivity contribution in [3.63, 3.8) is 0 Å². The maximum atomic E-state index is 8.65. The molecule has 1 heterocycles. The van der Waals surface area contributed by atoms with Crippen molar-refractivity contribution in [2.45, 2.75) is 13.0 Å². The predicted molar refractivity (Wildman–Crippen MR) is 63.7 cm³/mol. The molecule has 5 nitrogen and oxygen atoms in total. The lowest BCUT2D eigenvalue weighted by Crippen LogP contribution is -2.05. The molecule has 1 aromatic heterocycles. The molecule has 2 aromatic rings. The van der Waals surface area contributed by atoms with Gasteiger partial charge in [0.2, 0.25) is 0 Å². The van der Waals surface area contributed by atoms with E-state index in [-0.39, 0.29) is 11.9 Å². The minimum absolute atomic E-state index is 0.0769. The van der Waals surface area contributed by atoms with Crippen LogP contribution in [0.25, 0.3) is 5.69 Å². The third-order valence-electron chi connectivity index (χ3n) is 2.34. The smallest absolute Gasteiger partial charge is 0.252 e. The van der Waals surface area contributed by atoms with Gasteiger partial charge in [0.25, 0.3) is 5.82 Å². The summed E-state index contributed by atoms with van der Waals surface area (Å²) < 4.78 is 1.46. The van der Waals surface area contributed by atoms with E-state index in [4.69, 9.17) is 22.6 Å². The van der Waals surface area contributed by atoms with Gasteiger partial charge in [0.05, 0.1) is 10.7 Å². The van der Waals surface area contributed by atoms with Gasteiger partial charge in [0.1, 0.15) is 12.4 Å². The lowest BCUT2D eigenvalue weighted by Gasteiger charge is -2.09. The molecule has 1 atom stereocenters. The largest absolute Gasteiger partial charge is 0.324 e. The Balaban J connectivity index is 2.43. The fraction of sp³-hybridized carbons (Fsp3) is 0.182. The highest BCUT2D eigenvalue weighted by Gasteiger charge is 2.08. The quantitative estimate of drug-likeness (QED) is 0.878. The molecule has 0 saturated heterocycles. The van der Waals surface area contributed by atoms with Gasteiger partial charge in [-0.2, -0.15) is 5.26 Å². The number of aromatic nitrogens is 3. The zero-order valence-electron chi connectivity index (χ0n) is 9.13. The van der Waals surface area contributed by atoms with E-state index < -0.39 is 0 Å². The fourth-order valence-electron chi connectivity index (χ4n) is 1.42. The summed E-state index contributed by atoms with van der Waals surface area (Å²) in [6, 6.07) is 7.25. The number of nitriles is 1. The van der Waals surface area contributed by atoms with Crippen LogP contribution in [-0.4, -0.2) is 14.8 Å². The molecule has 1 aromatic carbocycles. The van der Waals surface area contributed by atoms with E-state index in [0.717, 1.165) is 5.56 Å². The van der Waals surface area contributed by atoms with Crippen molar-refractivity contribution in [1.82, 2.24) is 14.8 Å². The second-order valence-electron chi connectivity index (χ2n) is 3.62. The van der Waals surface area contributed by atoms with Crippen LogP contribution in [-0.2, 0) is 0 Å². The Labute approximate surface area is 103 Å². The average molecular weight is 248 g/mol. The normalized spacial score (nSPS) is 12.1. The Morgan fingerprint density at radius 2 is 2.29 bits per heavy atom. The molecule has 1 unspecified atom stereocenters. The number of benzene rings is 1. The van der Waals surface area contributed by atoms with Gasteiger partial charge in [-0.3, -0.25) is 0 Å². The summed E-state index contributed by atoms with van der Waals surface area (Å²) in [4.78, 5) is 3.82. The first-order chi connectivity index (χ1) is 8.11. The molecule has 17 heavy (non-hydrogen) atoms. The van der Waals surface area contributed by atoms with E-state index in [2.05, 4.69) is 10.1 Å². The Kier molecular flexibility index (Phi) is 3.09. The van der Waals surface area contributed by atoms with Crippen molar-refractivity contribution in [1.29, 1.82) is 5.26 Å². The molecule has 0 aliphatic rings. The maximum Gasteiger partial charge on any atom is 0.252 e. The minimum atomic E-state index is -0.0769. The standard InChI is InChI=1S/C11H10ClN5/c1-7(14)8-2-3-10(9(12)4-8)17-6-15-11(5-13)16-17/h2-4,6-7H,14H2,1H3. The molecule has 0 bridgehead atoms. The molecule has 2 rings (SSSR count). The zero-order chi connectivity index (χ0) is 12.4. The Hall–Kier alpha value is -1.90. The number of halogens is 1. The average Bonchev–Trinajstić information content (AvgIpc) is 2.77. The minimum Gasteiger partial charge on any atom is -0.324 e. The molecule has 0 amide bonds. The summed E-state index contributed by atoms with van der Waals surface area (Å²) in [5.41, 5.74) is 7.38. The Morgan fingerprint density at radius 3 is 2.82 bits per heavy atom. The van der Waals surface area contributed by atoms with Crippen LogP contribution < -0.4 is 5.73 Å². The van der Waals surface area contributed by atoms with Crippen molar-refractivity contribution >= 4 is 11.6 Å². The van der Waals surface area contributed by atoms with Crippen LogP contribution in [0.3, 0.4) is 0 Å². The van der Waals surface area contributed by atoms with Crippen LogP contribution in [0.4, 0.5) is 0 Å². The SMILES string of the molecule is CC(N)c1ccc(-n2cnc(C#N)n2)c(Cl)c1. The second-order valence-corrected chi connectivity index (χ2v) is 4.03. The first-order valence-electron chi connectivity index (χ1n) is 4.99. The summed E-state index contributed by atoms with van der Waals surface area (Å²) in [6.07, 6.45) is 1.45. The van der Waals surface area contributed by atoms with Gasteiger partial charge in [-0.1, -0.05) is 17.7 Å². The van der Waals surface area contributed by atoms with E-state index in [1.54, 1.807) is 12.1 Å². The lowest BCUT2D eigenvalue weighted by molar-refractivity contribution is 0.814. The summed E-state index contributed by atoms with van der Waals surface area (Å²) in [7, 11) is 0. The zero-order valence-corrected chi connectivity index (χ0v) is 9.89. The number of rotatable bonds is 2. The number of nitrogens with zero attached hydrogens (tertiary/aromatic N) is 4. The van der Waals surface area contributed by atoms with Crippen molar-refractivity contribution in [2.75, 3.05) is 0 Å². The molecule has 0 fully saturated rings. The Bertz CT molecular complexity index is 582. The lowest BCUT2D eigenvalue weighted by atomic mass is 10.1. The second kappa shape index (κ2) is 4.53. The van der Waals surface area contributed by atoms with Crippen molar-refractivity contribution in [2.24, 2.45) is 5.73 Å². The molecule has 86 valence electrons. The summed E-state index contributed by atoms with van der Waals surface area (Å²) in [6.45, 7) is 1.88. The van der Waals surface area contributed by atoms with Gasteiger partial charge in [0, 0.05) is 6.04 Å². The van der Waals surface area contributed by atoms with Gasteiger partial charge < -0.3 is 5.73 Å². The highest BCUT2D eigenvalue weighted by atomic mass is 35.5. The van der Waals surface area contributed by atoms with E-state index in [1.165, 1.54) is 11.0 Å². The summed E-state index contributed by atoms with van der Waals surface area (Å²) in [5.74, 6) is 0.109. The van der Waals surface area contributed by atoms with Gasteiger partial charge >= 0.3 is 0 Å². The summed E-state index contributed by atoms with van der Waals surface area (Å²) >= 11 is 6.13. The first-order valence-corrected chi connectivity index (χ1v) is 5.37. The van der Waals surface area contributed by atoms with Gasteiger partial charge in [0.15, 0.2) is 0 Å². The van der Waals surface area contributed by atoms with Crippen LogP contribution in [0.2, 0.25) is 5.02 Å². The van der Waals surface area contributed by atoms with Crippen molar-refractivity contribution in [3.05, 3.63) is 40.9 Å². The van der Waals surface area contributed by atoms with Crippen molar-refractivity contribution < 1.29 is 0 Å². The summed E-state index contributed by atoms with van der Waals surface area (Å²) in [5, 5.41) is 13.1. The maximum absolute atomic E-state index is 8.65. The van der Waals surface area contributed by atoms with Gasteiger partial charge in [-0.25, -0.2) is 9.67 Å². The molecular weight excluding hydrogens is 238 g/mol. The van der Waals surface area contributed by atoms with Crippen LogP contribution in [0.1, 0.15) is 24.4 Å².